The Morgan fingerprint density at radius 2 is 1.95 bits per heavy atom. The van der Waals surface area contributed by atoms with Crippen molar-refractivity contribution in [2.75, 3.05) is 18.4 Å². The molecule has 1 aliphatic rings. The van der Waals surface area contributed by atoms with Gasteiger partial charge in [0.1, 0.15) is 5.82 Å². The lowest BCUT2D eigenvalue weighted by Gasteiger charge is -2.31. The molecule has 2 aromatic rings. The molecule has 1 aliphatic heterocycles. The first-order chi connectivity index (χ1) is 9.74. The van der Waals surface area contributed by atoms with Crippen LogP contribution in [0.2, 0.25) is 0 Å². The first kappa shape index (κ1) is 18.5. The highest BCUT2D eigenvalue weighted by Crippen LogP contribution is 2.20. The van der Waals surface area contributed by atoms with E-state index in [0.29, 0.717) is 5.92 Å². The number of carbonyl (C=O) groups excluding carboxylic acids is 1. The molecule has 0 saturated carbocycles. The SMILES string of the molecule is CC(C(=O)Nc1ccc(-c2ncc[nH]2)cc1)C1CNC1.Cl.Cl. The van der Waals surface area contributed by atoms with Crippen LogP contribution < -0.4 is 10.6 Å². The average molecular weight is 343 g/mol. The molecular formula is C15H20Cl2N4O. The van der Waals surface area contributed by atoms with Crippen LogP contribution in [-0.4, -0.2) is 29.0 Å². The number of nitrogens with one attached hydrogen (secondary N) is 3. The Balaban J connectivity index is 0.00000121. The van der Waals surface area contributed by atoms with E-state index in [2.05, 4.69) is 20.6 Å². The Morgan fingerprint density at radius 3 is 2.45 bits per heavy atom. The highest BCUT2D eigenvalue weighted by atomic mass is 35.5. The van der Waals surface area contributed by atoms with Crippen molar-refractivity contribution >= 4 is 36.4 Å². The van der Waals surface area contributed by atoms with E-state index in [9.17, 15) is 4.79 Å². The zero-order valence-corrected chi connectivity index (χ0v) is 13.8. The summed E-state index contributed by atoms with van der Waals surface area (Å²) in [5.41, 5.74) is 1.83. The molecule has 22 heavy (non-hydrogen) atoms. The summed E-state index contributed by atoms with van der Waals surface area (Å²) in [6, 6.07) is 7.71. The van der Waals surface area contributed by atoms with Gasteiger partial charge in [-0.1, -0.05) is 6.92 Å². The second kappa shape index (κ2) is 8.17. The summed E-state index contributed by atoms with van der Waals surface area (Å²) < 4.78 is 0. The summed E-state index contributed by atoms with van der Waals surface area (Å²) in [6.45, 7) is 3.86. The summed E-state index contributed by atoms with van der Waals surface area (Å²) in [5, 5.41) is 6.16. The van der Waals surface area contributed by atoms with Gasteiger partial charge in [0.15, 0.2) is 0 Å². The highest BCUT2D eigenvalue weighted by Gasteiger charge is 2.28. The number of hydrogen-bond acceptors (Lipinski definition) is 3. The number of aromatic nitrogens is 2. The molecule has 1 saturated heterocycles. The van der Waals surface area contributed by atoms with E-state index in [-0.39, 0.29) is 36.6 Å². The first-order valence-corrected chi connectivity index (χ1v) is 6.85. The van der Waals surface area contributed by atoms with E-state index >= 15 is 0 Å². The number of halogens is 2. The van der Waals surface area contributed by atoms with Gasteiger partial charge in [0.2, 0.25) is 5.91 Å². The van der Waals surface area contributed by atoms with Gasteiger partial charge in [0, 0.05) is 29.6 Å². The number of H-pyrrole nitrogens is 1. The zero-order valence-electron chi connectivity index (χ0n) is 12.2. The number of rotatable bonds is 4. The van der Waals surface area contributed by atoms with Crippen LogP contribution in [0.3, 0.4) is 0 Å². The largest absolute Gasteiger partial charge is 0.345 e. The standard InChI is InChI=1S/C15H18N4O.2ClH/c1-10(12-8-16-9-12)15(20)19-13-4-2-11(3-5-13)14-17-6-7-18-14;;/h2-7,10,12,16H,8-9H2,1H3,(H,17,18)(H,19,20);2*1H. The molecule has 2 heterocycles. The van der Waals surface area contributed by atoms with Crippen molar-refractivity contribution in [1.29, 1.82) is 0 Å². The quantitative estimate of drug-likeness (QED) is 0.799. The lowest BCUT2D eigenvalue weighted by Crippen LogP contribution is -2.48. The number of amides is 1. The summed E-state index contributed by atoms with van der Waals surface area (Å²) in [7, 11) is 0. The molecule has 7 heteroatoms. The Kier molecular flexibility index (Phi) is 6.87. The molecule has 0 radical (unpaired) electrons. The van der Waals surface area contributed by atoms with E-state index in [0.717, 1.165) is 30.2 Å². The summed E-state index contributed by atoms with van der Waals surface area (Å²) in [5.74, 6) is 1.41. The number of benzene rings is 1. The van der Waals surface area contributed by atoms with Crippen molar-refractivity contribution in [3.63, 3.8) is 0 Å². The van der Waals surface area contributed by atoms with Crippen LogP contribution in [0.25, 0.3) is 11.4 Å². The minimum atomic E-state index is 0. The van der Waals surface area contributed by atoms with Gasteiger partial charge in [-0.15, -0.1) is 24.8 Å². The topological polar surface area (TPSA) is 69.8 Å². The summed E-state index contributed by atoms with van der Waals surface area (Å²) in [6.07, 6.45) is 3.51. The third-order valence-electron chi connectivity index (χ3n) is 3.86. The Morgan fingerprint density at radius 1 is 1.27 bits per heavy atom. The molecule has 0 aliphatic carbocycles. The number of nitrogens with zero attached hydrogens (tertiary/aromatic N) is 1. The number of hydrogen-bond donors (Lipinski definition) is 3. The fourth-order valence-electron chi connectivity index (χ4n) is 2.27. The lowest BCUT2D eigenvalue weighted by atomic mass is 9.88. The van der Waals surface area contributed by atoms with E-state index in [1.165, 1.54) is 0 Å². The molecule has 1 aromatic heterocycles. The van der Waals surface area contributed by atoms with Gasteiger partial charge in [-0.25, -0.2) is 4.98 Å². The van der Waals surface area contributed by atoms with Crippen LogP contribution in [-0.2, 0) is 4.79 Å². The fraction of sp³-hybridized carbons (Fsp3) is 0.333. The Labute approximate surface area is 142 Å². The van der Waals surface area contributed by atoms with Gasteiger partial charge in [-0.05, 0) is 43.3 Å². The maximum atomic E-state index is 12.1. The normalized spacial score (nSPS) is 15.0. The van der Waals surface area contributed by atoms with Crippen LogP contribution >= 0.6 is 24.8 Å². The van der Waals surface area contributed by atoms with Gasteiger partial charge >= 0.3 is 0 Å². The molecule has 1 unspecified atom stereocenters. The van der Waals surface area contributed by atoms with E-state index in [1.807, 2.05) is 31.2 Å². The van der Waals surface area contributed by atoms with Gasteiger partial charge in [0.25, 0.3) is 0 Å². The van der Waals surface area contributed by atoms with Gasteiger partial charge < -0.3 is 15.6 Å². The lowest BCUT2D eigenvalue weighted by molar-refractivity contribution is -0.121. The van der Waals surface area contributed by atoms with Gasteiger partial charge in [0.05, 0.1) is 0 Å². The number of carbonyl (C=O) groups is 1. The molecule has 0 spiro atoms. The molecule has 1 aromatic carbocycles. The monoisotopic (exact) mass is 342 g/mol. The number of aromatic amines is 1. The van der Waals surface area contributed by atoms with Crippen molar-refractivity contribution < 1.29 is 4.79 Å². The molecule has 1 amide bonds. The van der Waals surface area contributed by atoms with Crippen molar-refractivity contribution in [3.8, 4) is 11.4 Å². The van der Waals surface area contributed by atoms with Crippen molar-refractivity contribution in [3.05, 3.63) is 36.7 Å². The third kappa shape index (κ3) is 4.00. The van der Waals surface area contributed by atoms with Crippen molar-refractivity contribution in [1.82, 2.24) is 15.3 Å². The molecule has 1 fully saturated rings. The minimum absolute atomic E-state index is 0. The molecule has 120 valence electrons. The van der Waals surface area contributed by atoms with Crippen LogP contribution in [0.5, 0.6) is 0 Å². The van der Waals surface area contributed by atoms with Crippen LogP contribution in [0.15, 0.2) is 36.7 Å². The maximum Gasteiger partial charge on any atom is 0.227 e. The minimum Gasteiger partial charge on any atom is -0.345 e. The maximum absolute atomic E-state index is 12.1. The fourth-order valence-corrected chi connectivity index (χ4v) is 2.27. The molecule has 1 atom stereocenters. The van der Waals surface area contributed by atoms with Crippen LogP contribution in [0.4, 0.5) is 5.69 Å². The molecule has 0 bridgehead atoms. The predicted molar refractivity (Wildman–Crippen MR) is 92.7 cm³/mol. The van der Waals surface area contributed by atoms with Gasteiger partial charge in [-0.2, -0.15) is 0 Å². The van der Waals surface area contributed by atoms with Crippen LogP contribution in [0, 0.1) is 11.8 Å². The molecule has 3 rings (SSSR count). The first-order valence-electron chi connectivity index (χ1n) is 6.85. The van der Waals surface area contributed by atoms with Crippen molar-refractivity contribution in [2.24, 2.45) is 11.8 Å². The second-order valence-electron chi connectivity index (χ2n) is 5.21. The van der Waals surface area contributed by atoms with E-state index in [1.54, 1.807) is 12.4 Å². The average Bonchev–Trinajstić information content (AvgIpc) is 2.91. The Hall–Kier alpha value is -1.56. The van der Waals surface area contributed by atoms with E-state index in [4.69, 9.17) is 0 Å². The van der Waals surface area contributed by atoms with Crippen molar-refractivity contribution in [2.45, 2.75) is 6.92 Å². The second-order valence-corrected chi connectivity index (χ2v) is 5.21. The summed E-state index contributed by atoms with van der Waals surface area (Å²) >= 11 is 0. The predicted octanol–water partition coefficient (Wildman–Crippen LogP) is 2.71. The van der Waals surface area contributed by atoms with Crippen LogP contribution in [0.1, 0.15) is 6.92 Å². The highest BCUT2D eigenvalue weighted by molar-refractivity contribution is 5.92. The third-order valence-corrected chi connectivity index (χ3v) is 3.86. The summed E-state index contributed by atoms with van der Waals surface area (Å²) in [4.78, 5) is 19.4. The number of anilines is 1. The smallest absolute Gasteiger partial charge is 0.227 e. The Bertz CT molecular complexity index is 582. The molecule has 5 nitrogen and oxygen atoms in total. The molecule has 3 N–H and O–H groups in total. The number of imidazole rings is 1. The molecular weight excluding hydrogens is 323 g/mol. The van der Waals surface area contributed by atoms with E-state index < -0.39 is 0 Å². The zero-order chi connectivity index (χ0) is 13.9. The van der Waals surface area contributed by atoms with Gasteiger partial charge in [-0.3, -0.25) is 4.79 Å².